The van der Waals surface area contributed by atoms with Gasteiger partial charge >= 0.3 is 5.97 Å². The summed E-state index contributed by atoms with van der Waals surface area (Å²) in [7, 11) is 0. The number of ether oxygens (including phenoxy) is 1. The third-order valence-corrected chi connectivity index (χ3v) is 4.11. The van der Waals surface area contributed by atoms with Gasteiger partial charge in [-0.3, -0.25) is 29.4 Å². The van der Waals surface area contributed by atoms with E-state index in [1.165, 1.54) is 24.3 Å². The maximum absolute atomic E-state index is 12.2. The summed E-state index contributed by atoms with van der Waals surface area (Å²) in [6, 6.07) is 6.14. The Morgan fingerprint density at radius 1 is 1.35 bits per heavy atom. The van der Waals surface area contributed by atoms with E-state index in [9.17, 15) is 24.5 Å². The van der Waals surface area contributed by atoms with E-state index in [-0.39, 0.29) is 16.7 Å². The summed E-state index contributed by atoms with van der Waals surface area (Å²) < 4.78 is 4.93. The fourth-order valence-electron chi connectivity index (χ4n) is 2.11. The van der Waals surface area contributed by atoms with E-state index in [0.717, 1.165) is 4.90 Å². The number of carbonyl (C=O) groups is 3. The molecule has 0 aliphatic carbocycles. The highest BCUT2D eigenvalue weighted by Gasteiger charge is 2.36. The van der Waals surface area contributed by atoms with Crippen LogP contribution in [0, 0.1) is 10.1 Å². The number of nitrogens with zero attached hydrogens (tertiary/aromatic N) is 2. The third-order valence-electron chi connectivity index (χ3n) is 3.18. The molecular formula is C17H16N2O6S. The number of benzene rings is 1. The van der Waals surface area contributed by atoms with Crippen molar-refractivity contribution in [3.05, 3.63) is 57.0 Å². The highest BCUT2D eigenvalue weighted by atomic mass is 32.2. The van der Waals surface area contributed by atoms with Gasteiger partial charge in [0.05, 0.1) is 21.5 Å². The lowest BCUT2D eigenvalue weighted by Gasteiger charge is -2.13. The monoisotopic (exact) mass is 376 g/mol. The highest BCUT2D eigenvalue weighted by molar-refractivity contribution is 8.18. The van der Waals surface area contributed by atoms with Crippen LogP contribution in [0.25, 0.3) is 6.08 Å². The molecule has 1 fully saturated rings. The molecule has 0 unspecified atom stereocenters. The minimum atomic E-state index is -0.668. The fourth-order valence-corrected chi connectivity index (χ4v) is 2.90. The van der Waals surface area contributed by atoms with Crippen LogP contribution in [0.15, 0.2) is 41.3 Å². The van der Waals surface area contributed by atoms with Crippen LogP contribution in [0.1, 0.15) is 19.4 Å². The van der Waals surface area contributed by atoms with Crippen molar-refractivity contribution in [2.75, 3.05) is 6.54 Å². The van der Waals surface area contributed by atoms with Gasteiger partial charge in [0.2, 0.25) is 0 Å². The van der Waals surface area contributed by atoms with Gasteiger partial charge in [-0.2, -0.15) is 0 Å². The van der Waals surface area contributed by atoms with Crippen LogP contribution in [-0.4, -0.2) is 39.6 Å². The van der Waals surface area contributed by atoms with E-state index in [0.29, 0.717) is 17.3 Å². The Hall–Kier alpha value is -2.94. The number of hydrogen-bond acceptors (Lipinski definition) is 7. The van der Waals surface area contributed by atoms with Gasteiger partial charge in [0.15, 0.2) is 0 Å². The Kier molecular flexibility index (Phi) is 6.29. The number of amides is 2. The molecule has 1 aliphatic heterocycles. The molecule has 0 N–H and O–H groups in total. The lowest BCUT2D eigenvalue weighted by atomic mass is 10.1. The predicted molar refractivity (Wildman–Crippen MR) is 96.1 cm³/mol. The third kappa shape index (κ3) is 4.79. The second kappa shape index (κ2) is 8.43. The number of thioether (sulfide) groups is 1. The van der Waals surface area contributed by atoms with Crippen LogP contribution in [0.5, 0.6) is 0 Å². The summed E-state index contributed by atoms with van der Waals surface area (Å²) in [6.07, 6.45) is 3.96. The van der Waals surface area contributed by atoms with Gasteiger partial charge in [-0.1, -0.05) is 18.2 Å². The molecule has 0 bridgehead atoms. The summed E-state index contributed by atoms with van der Waals surface area (Å²) in [5.41, 5.74) is 0.301. The first-order valence-corrected chi connectivity index (χ1v) is 8.46. The van der Waals surface area contributed by atoms with E-state index in [2.05, 4.69) is 0 Å². The first-order valence-electron chi connectivity index (χ1n) is 7.64. The predicted octanol–water partition coefficient (Wildman–Crippen LogP) is 3.14. The maximum Gasteiger partial charge on any atom is 0.326 e. The van der Waals surface area contributed by atoms with E-state index in [1.54, 1.807) is 32.0 Å². The zero-order valence-corrected chi connectivity index (χ0v) is 14.9. The first-order chi connectivity index (χ1) is 12.3. The van der Waals surface area contributed by atoms with Crippen LogP contribution in [0.2, 0.25) is 0 Å². The lowest BCUT2D eigenvalue weighted by Crippen LogP contribution is -2.35. The second-order valence-corrected chi connectivity index (χ2v) is 6.50. The molecule has 1 aliphatic rings. The van der Waals surface area contributed by atoms with Crippen molar-refractivity contribution in [2.45, 2.75) is 20.0 Å². The lowest BCUT2D eigenvalue weighted by molar-refractivity contribution is -0.385. The molecule has 2 rings (SSSR count). The molecule has 8 nitrogen and oxygen atoms in total. The van der Waals surface area contributed by atoms with E-state index >= 15 is 0 Å². The zero-order chi connectivity index (χ0) is 19.3. The van der Waals surface area contributed by atoms with Crippen LogP contribution in [0.3, 0.4) is 0 Å². The molecular weight excluding hydrogens is 360 g/mol. The Bertz CT molecular complexity index is 815. The van der Waals surface area contributed by atoms with Gasteiger partial charge in [0, 0.05) is 6.07 Å². The number of para-hydroxylation sites is 1. The molecule has 0 radical (unpaired) electrons. The summed E-state index contributed by atoms with van der Waals surface area (Å²) in [4.78, 5) is 47.1. The van der Waals surface area contributed by atoms with Gasteiger partial charge in [-0.05, 0) is 43.8 Å². The molecule has 136 valence electrons. The van der Waals surface area contributed by atoms with Gasteiger partial charge in [-0.25, -0.2) is 0 Å². The number of allylic oxidation sites excluding steroid dienone is 2. The number of imide groups is 1. The molecule has 0 saturated carbocycles. The Labute approximate surface area is 153 Å². The van der Waals surface area contributed by atoms with Gasteiger partial charge < -0.3 is 4.74 Å². The number of esters is 1. The number of nitro benzene ring substituents is 1. The van der Waals surface area contributed by atoms with Crippen molar-refractivity contribution in [1.29, 1.82) is 0 Å². The summed E-state index contributed by atoms with van der Waals surface area (Å²) in [5.74, 6) is -1.27. The second-order valence-electron chi connectivity index (χ2n) is 5.50. The summed E-state index contributed by atoms with van der Waals surface area (Å²) >= 11 is 0.694. The molecule has 9 heteroatoms. The molecule has 0 spiro atoms. The SMILES string of the molecule is CC(C)OC(=O)CN1C(=O)S/C(=C/C=C/c2ccccc2[N+](=O)[O-])C1=O. The normalized spacial score (nSPS) is 16.1. The Balaban J connectivity index is 2.10. The molecule has 1 aromatic carbocycles. The van der Waals surface area contributed by atoms with Gasteiger partial charge in [0.1, 0.15) is 6.54 Å². The van der Waals surface area contributed by atoms with E-state index in [4.69, 9.17) is 4.74 Å². The minimum absolute atomic E-state index is 0.0679. The molecule has 0 aromatic heterocycles. The van der Waals surface area contributed by atoms with Crippen molar-refractivity contribution in [2.24, 2.45) is 0 Å². The molecule has 0 atom stereocenters. The van der Waals surface area contributed by atoms with Crippen molar-refractivity contribution < 1.29 is 24.0 Å². The molecule has 2 amide bonds. The van der Waals surface area contributed by atoms with E-state index in [1.807, 2.05) is 0 Å². The minimum Gasteiger partial charge on any atom is -0.462 e. The van der Waals surface area contributed by atoms with Crippen LogP contribution in [0.4, 0.5) is 10.5 Å². The van der Waals surface area contributed by atoms with E-state index < -0.39 is 28.6 Å². The van der Waals surface area contributed by atoms with Crippen molar-refractivity contribution in [3.63, 3.8) is 0 Å². The average molecular weight is 376 g/mol. The van der Waals surface area contributed by atoms with Crippen molar-refractivity contribution >= 4 is 40.6 Å². The summed E-state index contributed by atoms with van der Waals surface area (Å²) in [5, 5.41) is 10.4. The number of rotatable bonds is 6. The Morgan fingerprint density at radius 3 is 2.69 bits per heavy atom. The van der Waals surface area contributed by atoms with Crippen LogP contribution in [-0.2, 0) is 14.3 Å². The quantitative estimate of drug-likeness (QED) is 0.325. The number of hydrogen-bond donors (Lipinski definition) is 0. The molecule has 1 aromatic rings. The smallest absolute Gasteiger partial charge is 0.326 e. The van der Waals surface area contributed by atoms with Crippen molar-refractivity contribution in [1.82, 2.24) is 4.90 Å². The van der Waals surface area contributed by atoms with Gasteiger partial charge in [0.25, 0.3) is 16.8 Å². The first kappa shape index (κ1) is 19.4. The Morgan fingerprint density at radius 2 is 2.04 bits per heavy atom. The average Bonchev–Trinajstić information content (AvgIpc) is 2.82. The van der Waals surface area contributed by atoms with Gasteiger partial charge in [-0.15, -0.1) is 0 Å². The highest BCUT2D eigenvalue weighted by Crippen LogP contribution is 2.30. The van der Waals surface area contributed by atoms with Crippen LogP contribution >= 0.6 is 11.8 Å². The zero-order valence-electron chi connectivity index (χ0n) is 14.1. The molecule has 26 heavy (non-hydrogen) atoms. The summed E-state index contributed by atoms with van der Waals surface area (Å²) in [6.45, 7) is 2.88. The largest absolute Gasteiger partial charge is 0.462 e. The standard InChI is InChI=1S/C17H16N2O6S/c1-11(2)25-15(20)10-18-16(21)14(26-17(18)22)9-5-7-12-6-3-4-8-13(12)19(23)24/h3-9,11H,10H2,1-2H3/b7-5+,14-9+. The van der Waals surface area contributed by atoms with Crippen molar-refractivity contribution in [3.8, 4) is 0 Å². The maximum atomic E-state index is 12.2. The molecule has 1 saturated heterocycles. The van der Waals surface area contributed by atoms with Crippen LogP contribution < -0.4 is 0 Å². The number of nitro groups is 1. The molecule has 1 heterocycles. The topological polar surface area (TPSA) is 107 Å². The number of carbonyl (C=O) groups excluding carboxylic acids is 3. The fraction of sp³-hybridized carbons (Fsp3) is 0.235.